The van der Waals surface area contributed by atoms with E-state index >= 15 is 0 Å². The van der Waals surface area contributed by atoms with Crippen LogP contribution in [-0.4, -0.2) is 59.1 Å². The number of methoxy groups -OCH3 is 4. The topological polar surface area (TPSA) is 69.3 Å². The number of anilines is 1. The first-order valence-corrected chi connectivity index (χ1v) is 7.97. The number of nitrogens with zero attached hydrogens (tertiary/aromatic N) is 1. The molecule has 1 aromatic carbocycles. The second-order valence-electron chi connectivity index (χ2n) is 5.75. The Balaban J connectivity index is 2.11. The molecular weight excluding hydrogens is 312 g/mol. The number of ether oxygens (including phenoxy) is 4. The molecule has 0 spiro atoms. The minimum atomic E-state index is -0.134. The van der Waals surface area contributed by atoms with Gasteiger partial charge in [0.15, 0.2) is 11.5 Å². The Morgan fingerprint density at radius 1 is 1.17 bits per heavy atom. The summed E-state index contributed by atoms with van der Waals surface area (Å²) in [5.74, 6) is 1.89. The summed E-state index contributed by atoms with van der Waals surface area (Å²) in [7, 11) is 6.32. The lowest BCUT2D eigenvalue weighted by Gasteiger charge is -2.32. The van der Waals surface area contributed by atoms with Crippen LogP contribution in [-0.2, 0) is 4.74 Å². The van der Waals surface area contributed by atoms with Gasteiger partial charge < -0.3 is 29.2 Å². The van der Waals surface area contributed by atoms with E-state index in [4.69, 9.17) is 18.9 Å². The summed E-state index contributed by atoms with van der Waals surface area (Å²) >= 11 is 0. The summed E-state index contributed by atoms with van der Waals surface area (Å²) in [5.41, 5.74) is 0.600. The van der Waals surface area contributed by atoms with Crippen LogP contribution in [0.4, 0.5) is 10.5 Å². The van der Waals surface area contributed by atoms with Crippen LogP contribution >= 0.6 is 0 Å². The van der Waals surface area contributed by atoms with Crippen molar-refractivity contribution in [3.8, 4) is 17.2 Å². The molecule has 7 heteroatoms. The SMILES string of the molecule is COCC1CCCN(C(=O)Nc2cc(OC)c(OC)c(OC)c2)C1. The van der Waals surface area contributed by atoms with Crippen molar-refractivity contribution in [1.82, 2.24) is 4.90 Å². The molecular formula is C17H26N2O5. The summed E-state index contributed by atoms with van der Waals surface area (Å²) in [5, 5.41) is 2.91. The fraction of sp³-hybridized carbons (Fsp3) is 0.588. The average Bonchev–Trinajstić information content (AvgIpc) is 2.61. The predicted molar refractivity (Wildman–Crippen MR) is 91.3 cm³/mol. The van der Waals surface area contributed by atoms with Gasteiger partial charge in [-0.05, 0) is 12.8 Å². The van der Waals surface area contributed by atoms with Gasteiger partial charge in [-0.25, -0.2) is 4.79 Å². The van der Waals surface area contributed by atoms with Crippen LogP contribution in [0.3, 0.4) is 0 Å². The van der Waals surface area contributed by atoms with Gasteiger partial charge >= 0.3 is 6.03 Å². The summed E-state index contributed by atoms with van der Waals surface area (Å²) in [6, 6.07) is 3.30. The molecule has 1 N–H and O–H groups in total. The molecule has 0 aromatic heterocycles. The molecule has 1 unspecified atom stereocenters. The average molecular weight is 338 g/mol. The van der Waals surface area contributed by atoms with E-state index in [1.54, 1.807) is 40.6 Å². The molecule has 2 rings (SSSR count). The van der Waals surface area contributed by atoms with Gasteiger partial charge in [0.25, 0.3) is 0 Å². The Kier molecular flexibility index (Phi) is 6.54. The summed E-state index contributed by atoms with van der Waals surface area (Å²) in [4.78, 5) is 14.3. The van der Waals surface area contributed by atoms with E-state index in [1.807, 2.05) is 4.90 Å². The van der Waals surface area contributed by atoms with Crippen LogP contribution in [0.2, 0.25) is 0 Å². The Morgan fingerprint density at radius 3 is 2.38 bits per heavy atom. The number of carbonyl (C=O) groups is 1. The lowest BCUT2D eigenvalue weighted by Crippen LogP contribution is -2.43. The van der Waals surface area contributed by atoms with Crippen LogP contribution in [0.1, 0.15) is 12.8 Å². The third kappa shape index (κ3) is 4.23. The van der Waals surface area contributed by atoms with Gasteiger partial charge in [0.1, 0.15) is 0 Å². The molecule has 1 fully saturated rings. The zero-order valence-corrected chi connectivity index (χ0v) is 14.8. The van der Waals surface area contributed by atoms with E-state index < -0.39 is 0 Å². The molecule has 1 aliphatic rings. The first-order valence-electron chi connectivity index (χ1n) is 7.97. The van der Waals surface area contributed by atoms with Crippen molar-refractivity contribution < 1.29 is 23.7 Å². The van der Waals surface area contributed by atoms with Gasteiger partial charge in [0.05, 0.1) is 33.6 Å². The molecule has 2 amide bonds. The Labute approximate surface area is 142 Å². The Morgan fingerprint density at radius 2 is 1.83 bits per heavy atom. The maximum Gasteiger partial charge on any atom is 0.321 e. The van der Waals surface area contributed by atoms with Crippen molar-refractivity contribution in [2.24, 2.45) is 5.92 Å². The molecule has 0 bridgehead atoms. The van der Waals surface area contributed by atoms with Crippen molar-refractivity contribution in [1.29, 1.82) is 0 Å². The fourth-order valence-electron chi connectivity index (χ4n) is 2.98. The van der Waals surface area contributed by atoms with Crippen LogP contribution in [0.25, 0.3) is 0 Å². The van der Waals surface area contributed by atoms with Gasteiger partial charge in [-0.2, -0.15) is 0 Å². The van der Waals surface area contributed by atoms with E-state index in [1.165, 1.54) is 0 Å². The number of hydrogen-bond donors (Lipinski definition) is 1. The van der Waals surface area contributed by atoms with E-state index in [0.29, 0.717) is 42.0 Å². The van der Waals surface area contributed by atoms with Crippen LogP contribution in [0.15, 0.2) is 12.1 Å². The van der Waals surface area contributed by atoms with Crippen LogP contribution in [0.5, 0.6) is 17.2 Å². The Hall–Kier alpha value is -2.15. The summed E-state index contributed by atoms with van der Waals surface area (Å²) in [6.45, 7) is 2.12. The highest BCUT2D eigenvalue weighted by Crippen LogP contribution is 2.40. The molecule has 0 saturated carbocycles. The Bertz CT molecular complexity index is 537. The van der Waals surface area contributed by atoms with E-state index in [2.05, 4.69) is 5.32 Å². The van der Waals surface area contributed by atoms with Crippen molar-refractivity contribution in [2.45, 2.75) is 12.8 Å². The molecule has 24 heavy (non-hydrogen) atoms. The number of rotatable bonds is 6. The number of likely N-dealkylation sites (tertiary alicyclic amines) is 1. The first kappa shape index (κ1) is 18.2. The molecule has 1 saturated heterocycles. The lowest BCUT2D eigenvalue weighted by atomic mass is 9.99. The highest BCUT2D eigenvalue weighted by atomic mass is 16.5. The van der Waals surface area contributed by atoms with Gasteiger partial charge in [-0.3, -0.25) is 0 Å². The highest BCUT2D eigenvalue weighted by molar-refractivity contribution is 5.90. The summed E-state index contributed by atoms with van der Waals surface area (Å²) < 4.78 is 21.1. The number of benzene rings is 1. The number of amides is 2. The van der Waals surface area contributed by atoms with Crippen LogP contribution < -0.4 is 19.5 Å². The van der Waals surface area contributed by atoms with E-state index in [-0.39, 0.29) is 6.03 Å². The normalized spacial score (nSPS) is 17.3. The maximum absolute atomic E-state index is 12.5. The predicted octanol–water partition coefficient (Wildman–Crippen LogP) is 2.60. The van der Waals surface area contributed by atoms with Gasteiger partial charge in [-0.15, -0.1) is 0 Å². The third-order valence-electron chi connectivity index (χ3n) is 4.12. The first-order chi connectivity index (χ1) is 11.6. The monoisotopic (exact) mass is 338 g/mol. The smallest absolute Gasteiger partial charge is 0.321 e. The molecule has 0 radical (unpaired) electrons. The molecule has 1 aliphatic heterocycles. The van der Waals surface area contributed by atoms with Gasteiger partial charge in [-0.1, -0.05) is 0 Å². The molecule has 1 aromatic rings. The number of piperidine rings is 1. The lowest BCUT2D eigenvalue weighted by molar-refractivity contribution is 0.104. The second-order valence-corrected chi connectivity index (χ2v) is 5.75. The molecule has 1 atom stereocenters. The standard InChI is InChI=1S/C17H26N2O5/c1-21-11-12-6-5-7-19(10-12)17(20)18-13-8-14(22-2)16(24-4)15(9-13)23-3/h8-9,12H,5-7,10-11H2,1-4H3,(H,18,20). The molecule has 0 aliphatic carbocycles. The molecule has 1 heterocycles. The second kappa shape index (κ2) is 8.63. The number of urea groups is 1. The summed E-state index contributed by atoms with van der Waals surface area (Å²) in [6.07, 6.45) is 2.07. The number of carbonyl (C=O) groups excluding carboxylic acids is 1. The van der Waals surface area contributed by atoms with Crippen molar-refractivity contribution in [3.63, 3.8) is 0 Å². The van der Waals surface area contributed by atoms with Crippen LogP contribution in [0, 0.1) is 5.92 Å². The molecule has 7 nitrogen and oxygen atoms in total. The third-order valence-corrected chi connectivity index (χ3v) is 4.12. The van der Waals surface area contributed by atoms with Gasteiger partial charge in [0.2, 0.25) is 5.75 Å². The highest BCUT2D eigenvalue weighted by Gasteiger charge is 2.24. The van der Waals surface area contributed by atoms with E-state index in [9.17, 15) is 4.79 Å². The van der Waals surface area contributed by atoms with Crippen molar-refractivity contribution >= 4 is 11.7 Å². The van der Waals surface area contributed by atoms with Crippen molar-refractivity contribution in [2.75, 3.05) is 53.5 Å². The maximum atomic E-state index is 12.5. The van der Waals surface area contributed by atoms with E-state index in [0.717, 1.165) is 19.4 Å². The number of hydrogen-bond acceptors (Lipinski definition) is 5. The zero-order chi connectivity index (χ0) is 17.5. The largest absolute Gasteiger partial charge is 0.493 e. The van der Waals surface area contributed by atoms with Gasteiger partial charge in [0, 0.05) is 38.2 Å². The molecule has 134 valence electrons. The fourth-order valence-corrected chi connectivity index (χ4v) is 2.98. The zero-order valence-electron chi connectivity index (χ0n) is 14.8. The quantitative estimate of drug-likeness (QED) is 0.863. The van der Waals surface area contributed by atoms with Crippen molar-refractivity contribution in [3.05, 3.63) is 12.1 Å². The minimum absolute atomic E-state index is 0.134. The number of nitrogens with one attached hydrogen (secondary N) is 1. The minimum Gasteiger partial charge on any atom is -0.493 e.